The Morgan fingerprint density at radius 2 is 1.41 bits per heavy atom. The Balaban J connectivity index is 1.76. The van der Waals surface area contributed by atoms with E-state index >= 15 is 0 Å². The van der Waals surface area contributed by atoms with E-state index in [0.717, 1.165) is 35.4 Å². The molecule has 2 aromatic carbocycles. The maximum Gasteiger partial charge on any atom is 0.330 e. The number of carbonyl (C=O) groups excluding carboxylic acids is 1. The molecule has 0 fully saturated rings. The molecule has 0 N–H and O–H groups in total. The standard InChI is InChI=1S/C21H24N2O4/c1-3-14-25-19-10-6-17(7-11-19)22-23-18-8-12-20(13-9-18)26-15-5-16-27-21(24)4-2/h4,6-13H,2-3,5,14-16H2,1H3/b23-22+. The van der Waals surface area contributed by atoms with Crippen molar-refractivity contribution in [1.29, 1.82) is 0 Å². The van der Waals surface area contributed by atoms with Crippen LogP contribution in [0.1, 0.15) is 19.8 Å². The molecule has 0 aliphatic rings. The molecule has 27 heavy (non-hydrogen) atoms. The zero-order valence-electron chi connectivity index (χ0n) is 15.5. The first-order valence-corrected chi connectivity index (χ1v) is 8.88. The molecule has 0 spiro atoms. The second-order valence-electron chi connectivity index (χ2n) is 5.61. The highest BCUT2D eigenvalue weighted by molar-refractivity contribution is 5.81. The number of azo groups is 1. The largest absolute Gasteiger partial charge is 0.494 e. The molecule has 0 saturated carbocycles. The van der Waals surface area contributed by atoms with Crippen molar-refractivity contribution in [2.75, 3.05) is 19.8 Å². The summed E-state index contributed by atoms with van der Waals surface area (Å²) in [4.78, 5) is 10.9. The SMILES string of the molecule is C=CC(=O)OCCCOc1ccc(/N=N/c2ccc(OCCC)cc2)cc1. The fourth-order valence-electron chi connectivity index (χ4n) is 2.03. The second kappa shape index (κ2) is 11.5. The highest BCUT2D eigenvalue weighted by Gasteiger charge is 1.98. The van der Waals surface area contributed by atoms with Crippen LogP contribution in [0, 0.1) is 0 Å². The molecule has 0 heterocycles. The molecule has 6 nitrogen and oxygen atoms in total. The van der Waals surface area contributed by atoms with E-state index in [9.17, 15) is 4.79 Å². The molecule has 0 unspecified atom stereocenters. The topological polar surface area (TPSA) is 69.5 Å². The maximum atomic E-state index is 10.9. The third kappa shape index (κ3) is 7.73. The number of ether oxygens (including phenoxy) is 3. The van der Waals surface area contributed by atoms with Gasteiger partial charge in [0.2, 0.25) is 0 Å². The van der Waals surface area contributed by atoms with E-state index in [0.29, 0.717) is 26.2 Å². The van der Waals surface area contributed by atoms with Gasteiger partial charge in [0, 0.05) is 12.5 Å². The Bertz CT molecular complexity index is 740. The van der Waals surface area contributed by atoms with Gasteiger partial charge in [-0.1, -0.05) is 13.5 Å². The summed E-state index contributed by atoms with van der Waals surface area (Å²) >= 11 is 0. The Morgan fingerprint density at radius 1 is 0.889 bits per heavy atom. The number of hydrogen-bond acceptors (Lipinski definition) is 6. The van der Waals surface area contributed by atoms with Gasteiger partial charge < -0.3 is 14.2 Å². The lowest BCUT2D eigenvalue weighted by Gasteiger charge is -2.06. The van der Waals surface area contributed by atoms with Gasteiger partial charge in [0.25, 0.3) is 0 Å². The number of rotatable bonds is 11. The quantitative estimate of drug-likeness (QED) is 0.231. The molecule has 0 bridgehead atoms. The van der Waals surface area contributed by atoms with Gasteiger partial charge in [0.1, 0.15) is 11.5 Å². The summed E-state index contributed by atoms with van der Waals surface area (Å²) in [5.41, 5.74) is 1.49. The molecular weight excluding hydrogens is 344 g/mol. The summed E-state index contributed by atoms with van der Waals surface area (Å²) in [6.07, 6.45) is 2.73. The van der Waals surface area contributed by atoms with Crippen molar-refractivity contribution in [2.24, 2.45) is 10.2 Å². The van der Waals surface area contributed by atoms with Crippen LogP contribution < -0.4 is 9.47 Å². The lowest BCUT2D eigenvalue weighted by Crippen LogP contribution is -2.06. The van der Waals surface area contributed by atoms with Gasteiger partial charge in [-0.2, -0.15) is 10.2 Å². The van der Waals surface area contributed by atoms with Crippen molar-refractivity contribution in [3.63, 3.8) is 0 Å². The van der Waals surface area contributed by atoms with Crippen molar-refractivity contribution in [1.82, 2.24) is 0 Å². The van der Waals surface area contributed by atoms with Crippen molar-refractivity contribution in [3.05, 3.63) is 61.2 Å². The Morgan fingerprint density at radius 3 is 1.89 bits per heavy atom. The lowest BCUT2D eigenvalue weighted by atomic mass is 10.3. The Kier molecular flexibility index (Phi) is 8.56. The molecule has 0 aliphatic heterocycles. The normalized spacial score (nSPS) is 10.6. The Hall–Kier alpha value is -3.15. The van der Waals surface area contributed by atoms with Gasteiger partial charge in [-0.15, -0.1) is 0 Å². The molecule has 0 aliphatic carbocycles. The van der Waals surface area contributed by atoms with Gasteiger partial charge in [-0.3, -0.25) is 0 Å². The fourth-order valence-corrected chi connectivity index (χ4v) is 2.03. The van der Waals surface area contributed by atoms with Crippen LogP contribution in [-0.2, 0) is 9.53 Å². The summed E-state index contributed by atoms with van der Waals surface area (Å²) in [5, 5.41) is 8.42. The van der Waals surface area contributed by atoms with Crippen molar-refractivity contribution in [2.45, 2.75) is 19.8 Å². The summed E-state index contributed by atoms with van der Waals surface area (Å²) in [6.45, 7) is 6.87. The van der Waals surface area contributed by atoms with E-state index in [2.05, 4.69) is 23.7 Å². The molecule has 0 saturated heterocycles. The predicted molar refractivity (Wildman–Crippen MR) is 104 cm³/mol. The molecule has 0 atom stereocenters. The van der Waals surface area contributed by atoms with Gasteiger partial charge in [0.15, 0.2) is 0 Å². The first-order chi connectivity index (χ1) is 13.2. The van der Waals surface area contributed by atoms with E-state index in [-0.39, 0.29) is 0 Å². The molecule has 0 radical (unpaired) electrons. The van der Waals surface area contributed by atoms with E-state index in [1.54, 1.807) is 0 Å². The number of hydrogen-bond donors (Lipinski definition) is 0. The van der Waals surface area contributed by atoms with Crippen LogP contribution in [0.4, 0.5) is 11.4 Å². The summed E-state index contributed by atoms with van der Waals surface area (Å²) in [6, 6.07) is 14.8. The second-order valence-corrected chi connectivity index (χ2v) is 5.61. The van der Waals surface area contributed by atoms with Crippen LogP contribution in [0.15, 0.2) is 71.4 Å². The summed E-state index contributed by atoms with van der Waals surface area (Å²) in [5.74, 6) is 1.13. The van der Waals surface area contributed by atoms with E-state index < -0.39 is 5.97 Å². The minimum atomic E-state index is -0.423. The third-order valence-electron chi connectivity index (χ3n) is 3.40. The van der Waals surface area contributed by atoms with E-state index in [4.69, 9.17) is 14.2 Å². The van der Waals surface area contributed by atoms with Gasteiger partial charge >= 0.3 is 5.97 Å². The molecule has 0 aromatic heterocycles. The van der Waals surface area contributed by atoms with Crippen LogP contribution >= 0.6 is 0 Å². The number of nitrogens with zero attached hydrogens (tertiary/aromatic N) is 2. The number of benzene rings is 2. The average Bonchev–Trinajstić information content (AvgIpc) is 2.72. The van der Waals surface area contributed by atoms with Gasteiger partial charge in [-0.25, -0.2) is 4.79 Å². The molecule has 6 heteroatoms. The molecular formula is C21H24N2O4. The highest BCUT2D eigenvalue weighted by Crippen LogP contribution is 2.23. The van der Waals surface area contributed by atoms with Crippen molar-refractivity contribution < 1.29 is 19.0 Å². The highest BCUT2D eigenvalue weighted by atomic mass is 16.5. The minimum absolute atomic E-state index is 0.305. The molecule has 0 amide bonds. The third-order valence-corrected chi connectivity index (χ3v) is 3.40. The maximum absolute atomic E-state index is 10.9. The van der Waals surface area contributed by atoms with Crippen LogP contribution in [0.25, 0.3) is 0 Å². The van der Waals surface area contributed by atoms with Crippen molar-refractivity contribution in [3.8, 4) is 11.5 Å². The van der Waals surface area contributed by atoms with E-state index in [1.165, 1.54) is 0 Å². The summed E-state index contributed by atoms with van der Waals surface area (Å²) < 4.78 is 16.0. The average molecular weight is 368 g/mol. The zero-order chi connectivity index (χ0) is 19.3. The minimum Gasteiger partial charge on any atom is -0.494 e. The summed E-state index contributed by atoms with van der Waals surface area (Å²) in [7, 11) is 0. The van der Waals surface area contributed by atoms with E-state index in [1.807, 2.05) is 48.5 Å². The molecule has 2 aromatic rings. The smallest absolute Gasteiger partial charge is 0.330 e. The fraction of sp³-hybridized carbons (Fsp3) is 0.286. The van der Waals surface area contributed by atoms with Gasteiger partial charge in [-0.05, 0) is 55.0 Å². The number of carbonyl (C=O) groups is 1. The monoisotopic (exact) mass is 368 g/mol. The van der Waals surface area contributed by atoms with Crippen molar-refractivity contribution >= 4 is 17.3 Å². The first-order valence-electron chi connectivity index (χ1n) is 8.88. The van der Waals surface area contributed by atoms with Crippen LogP contribution in [0.3, 0.4) is 0 Å². The lowest BCUT2D eigenvalue weighted by molar-refractivity contribution is -0.137. The Labute approximate surface area is 159 Å². The first kappa shape index (κ1) is 20.2. The number of esters is 1. The zero-order valence-corrected chi connectivity index (χ0v) is 15.5. The van der Waals surface area contributed by atoms with Gasteiger partial charge in [0.05, 0.1) is 31.2 Å². The molecule has 2 rings (SSSR count). The molecule has 142 valence electrons. The van der Waals surface area contributed by atoms with Crippen LogP contribution in [0.2, 0.25) is 0 Å². The van der Waals surface area contributed by atoms with Crippen LogP contribution in [-0.4, -0.2) is 25.8 Å². The van der Waals surface area contributed by atoms with Crippen LogP contribution in [0.5, 0.6) is 11.5 Å². The predicted octanol–water partition coefficient (Wildman–Crippen LogP) is 5.39.